The predicted molar refractivity (Wildman–Crippen MR) is 104 cm³/mol. The molecule has 26 heavy (non-hydrogen) atoms. The van der Waals surface area contributed by atoms with Crippen LogP contribution in [0.4, 0.5) is 10.8 Å². The fraction of sp³-hybridized carbons (Fsp3) is 0.167. The molecule has 0 saturated heterocycles. The second-order valence-corrected chi connectivity index (χ2v) is 7.00. The number of nitrogens with one attached hydrogen (secondary N) is 2. The van der Waals surface area contributed by atoms with Gasteiger partial charge in [0.2, 0.25) is 5.91 Å². The Morgan fingerprint density at radius 1 is 1.19 bits per heavy atom. The molecule has 0 radical (unpaired) electrons. The maximum Gasteiger partial charge on any atom is 0.265 e. The van der Waals surface area contributed by atoms with Gasteiger partial charge in [0.1, 0.15) is 5.75 Å². The smallest absolute Gasteiger partial charge is 0.265 e. The molecule has 6 nitrogen and oxygen atoms in total. The summed E-state index contributed by atoms with van der Waals surface area (Å²) in [7, 11) is 0. The molecule has 0 fully saturated rings. The lowest BCUT2D eigenvalue weighted by Crippen LogP contribution is -2.30. The molecule has 1 aromatic heterocycles. The third-order valence-corrected chi connectivity index (χ3v) is 4.69. The van der Waals surface area contributed by atoms with Crippen molar-refractivity contribution in [3.63, 3.8) is 0 Å². The summed E-state index contributed by atoms with van der Waals surface area (Å²) in [5.74, 6) is -0.0197. The summed E-state index contributed by atoms with van der Waals surface area (Å²) in [6.45, 7) is 3.08. The van der Waals surface area contributed by atoms with E-state index in [1.165, 1.54) is 18.3 Å². The van der Waals surface area contributed by atoms with Crippen LogP contribution in [0.25, 0.3) is 10.2 Å². The van der Waals surface area contributed by atoms with Crippen molar-refractivity contribution in [3.05, 3.63) is 47.5 Å². The highest BCUT2D eigenvalue weighted by Gasteiger charge is 2.16. The lowest BCUT2D eigenvalue weighted by Gasteiger charge is -2.15. The first-order valence-corrected chi connectivity index (χ1v) is 9.02. The van der Waals surface area contributed by atoms with E-state index in [9.17, 15) is 9.59 Å². The van der Waals surface area contributed by atoms with Crippen molar-refractivity contribution < 1.29 is 14.3 Å². The average Bonchev–Trinajstić information content (AvgIpc) is 2.97. The largest absolute Gasteiger partial charge is 0.479 e. The minimum Gasteiger partial charge on any atom is -0.479 e. The van der Waals surface area contributed by atoms with Gasteiger partial charge in [0.15, 0.2) is 11.2 Å². The van der Waals surface area contributed by atoms with Crippen LogP contribution in [0, 0.1) is 0 Å². The number of ether oxygens (including phenoxy) is 1. The topological polar surface area (TPSA) is 80.3 Å². The number of hydrogen-bond donors (Lipinski definition) is 2. The fourth-order valence-corrected chi connectivity index (χ4v) is 3.37. The highest BCUT2D eigenvalue weighted by atomic mass is 35.5. The molecule has 1 heterocycles. The van der Waals surface area contributed by atoms with E-state index in [1.54, 1.807) is 49.4 Å². The van der Waals surface area contributed by atoms with Gasteiger partial charge in [0.25, 0.3) is 5.91 Å². The van der Waals surface area contributed by atoms with Gasteiger partial charge in [0.05, 0.1) is 15.2 Å². The zero-order valence-corrected chi connectivity index (χ0v) is 15.6. The third kappa shape index (κ3) is 4.30. The van der Waals surface area contributed by atoms with E-state index < -0.39 is 6.10 Å². The first-order chi connectivity index (χ1) is 12.4. The van der Waals surface area contributed by atoms with Crippen molar-refractivity contribution in [2.45, 2.75) is 20.0 Å². The van der Waals surface area contributed by atoms with Crippen LogP contribution in [-0.2, 0) is 9.59 Å². The second kappa shape index (κ2) is 7.72. The number of carbonyl (C=O) groups is 2. The summed E-state index contributed by atoms with van der Waals surface area (Å²) in [5.41, 5.74) is 1.37. The van der Waals surface area contributed by atoms with Crippen molar-refractivity contribution in [2.75, 3.05) is 10.6 Å². The van der Waals surface area contributed by atoms with Gasteiger partial charge < -0.3 is 15.4 Å². The number of aromatic nitrogens is 1. The van der Waals surface area contributed by atoms with E-state index in [0.29, 0.717) is 21.6 Å². The molecule has 8 heteroatoms. The van der Waals surface area contributed by atoms with Crippen LogP contribution < -0.4 is 15.4 Å². The summed E-state index contributed by atoms with van der Waals surface area (Å²) in [6.07, 6.45) is -0.720. The van der Waals surface area contributed by atoms with Gasteiger partial charge in [-0.2, -0.15) is 0 Å². The summed E-state index contributed by atoms with van der Waals surface area (Å²) in [6, 6.07) is 12.3. The maximum atomic E-state index is 12.4. The van der Waals surface area contributed by atoms with Crippen LogP contribution in [0.2, 0.25) is 5.02 Å². The molecule has 134 valence electrons. The molecule has 3 aromatic rings. The number of anilines is 2. The normalized spacial score (nSPS) is 11.8. The lowest BCUT2D eigenvalue weighted by molar-refractivity contribution is -0.122. The van der Waals surface area contributed by atoms with Crippen LogP contribution in [0.15, 0.2) is 42.5 Å². The van der Waals surface area contributed by atoms with Crippen LogP contribution in [0.1, 0.15) is 13.8 Å². The van der Waals surface area contributed by atoms with Gasteiger partial charge in [-0.15, -0.1) is 0 Å². The Balaban J connectivity index is 1.70. The van der Waals surface area contributed by atoms with Gasteiger partial charge in [-0.05, 0) is 37.3 Å². The molecular weight excluding hydrogens is 374 g/mol. The number of fused-ring (bicyclic) bond motifs is 1. The van der Waals surface area contributed by atoms with E-state index in [2.05, 4.69) is 15.6 Å². The summed E-state index contributed by atoms with van der Waals surface area (Å²) < 4.78 is 6.47. The Bertz CT molecular complexity index is 973. The van der Waals surface area contributed by atoms with Crippen LogP contribution in [0.5, 0.6) is 5.75 Å². The molecular formula is C18H16ClN3O3S. The molecule has 0 aliphatic heterocycles. The molecule has 1 atom stereocenters. The number of amides is 2. The van der Waals surface area contributed by atoms with Gasteiger partial charge in [0, 0.05) is 12.6 Å². The Hall–Kier alpha value is -2.64. The van der Waals surface area contributed by atoms with Crippen molar-refractivity contribution in [1.82, 2.24) is 4.98 Å². The quantitative estimate of drug-likeness (QED) is 0.681. The third-order valence-electron chi connectivity index (χ3n) is 3.45. The summed E-state index contributed by atoms with van der Waals surface area (Å²) >= 11 is 7.38. The minimum absolute atomic E-state index is 0.178. The maximum absolute atomic E-state index is 12.4. The zero-order valence-electron chi connectivity index (χ0n) is 14.1. The molecule has 3 rings (SSSR count). The van der Waals surface area contributed by atoms with Gasteiger partial charge >= 0.3 is 0 Å². The average molecular weight is 390 g/mol. The highest BCUT2D eigenvalue weighted by Crippen LogP contribution is 2.29. The number of benzene rings is 2. The minimum atomic E-state index is -0.720. The van der Waals surface area contributed by atoms with Gasteiger partial charge in [-0.25, -0.2) is 4.98 Å². The van der Waals surface area contributed by atoms with E-state index in [4.69, 9.17) is 16.3 Å². The summed E-state index contributed by atoms with van der Waals surface area (Å²) in [5, 5.41) is 6.43. The number of thiazole rings is 1. The van der Waals surface area contributed by atoms with E-state index in [1.807, 2.05) is 0 Å². The van der Waals surface area contributed by atoms with Crippen molar-refractivity contribution in [1.29, 1.82) is 0 Å². The van der Waals surface area contributed by atoms with Crippen molar-refractivity contribution in [3.8, 4) is 5.75 Å². The number of halogens is 1. The molecule has 2 N–H and O–H groups in total. The molecule has 1 unspecified atom stereocenters. The second-order valence-electron chi connectivity index (χ2n) is 5.56. The van der Waals surface area contributed by atoms with Crippen LogP contribution >= 0.6 is 22.9 Å². The molecule has 0 bridgehead atoms. The predicted octanol–water partition coefficient (Wildman–Crippen LogP) is 4.31. The van der Waals surface area contributed by atoms with Crippen molar-refractivity contribution >= 4 is 55.8 Å². The van der Waals surface area contributed by atoms with Gasteiger partial charge in [-0.1, -0.05) is 35.1 Å². The van der Waals surface area contributed by atoms with Crippen LogP contribution in [0.3, 0.4) is 0 Å². The van der Waals surface area contributed by atoms with Crippen molar-refractivity contribution in [2.24, 2.45) is 0 Å². The molecule has 2 amide bonds. The molecule has 0 spiro atoms. The molecule has 0 aliphatic carbocycles. The highest BCUT2D eigenvalue weighted by molar-refractivity contribution is 7.22. The Kier molecular flexibility index (Phi) is 5.39. The zero-order chi connectivity index (χ0) is 18.7. The summed E-state index contributed by atoms with van der Waals surface area (Å²) in [4.78, 5) is 27.8. The number of hydrogen-bond acceptors (Lipinski definition) is 5. The number of nitrogens with zero attached hydrogens (tertiary/aromatic N) is 1. The lowest BCUT2D eigenvalue weighted by atomic mass is 10.2. The first kappa shape index (κ1) is 18.2. The Morgan fingerprint density at radius 2 is 1.96 bits per heavy atom. The van der Waals surface area contributed by atoms with E-state index in [-0.39, 0.29) is 11.8 Å². The fourth-order valence-electron chi connectivity index (χ4n) is 2.23. The van der Waals surface area contributed by atoms with Crippen LogP contribution in [-0.4, -0.2) is 22.9 Å². The van der Waals surface area contributed by atoms with Gasteiger partial charge in [-0.3, -0.25) is 9.59 Å². The number of carbonyl (C=O) groups excluding carboxylic acids is 2. The Labute approximate surface area is 159 Å². The first-order valence-electron chi connectivity index (χ1n) is 7.82. The Morgan fingerprint density at radius 3 is 2.69 bits per heavy atom. The molecule has 0 aliphatic rings. The monoisotopic (exact) mass is 389 g/mol. The SMILES string of the molecule is CC(=O)Nc1nc2ccc(NC(=O)C(C)Oc3ccccc3Cl)cc2s1. The standard InChI is InChI=1S/C18H16ClN3O3S/c1-10(25-15-6-4-3-5-13(15)19)17(24)21-12-7-8-14-16(9-12)26-18(22-14)20-11(2)23/h3-10H,1-2H3,(H,21,24)(H,20,22,23). The van der Waals surface area contributed by atoms with E-state index in [0.717, 1.165) is 10.2 Å². The van der Waals surface area contributed by atoms with E-state index >= 15 is 0 Å². The number of rotatable bonds is 5. The molecule has 2 aromatic carbocycles. The number of para-hydroxylation sites is 1. The molecule has 0 saturated carbocycles.